The van der Waals surface area contributed by atoms with E-state index >= 15 is 0 Å². The quantitative estimate of drug-likeness (QED) is 0.296. The van der Waals surface area contributed by atoms with Gasteiger partial charge >= 0.3 is 0 Å². The Morgan fingerprint density at radius 1 is 1.71 bits per heavy atom. The molecule has 0 spiro atoms. The van der Waals surface area contributed by atoms with Gasteiger partial charge in [-0.2, -0.15) is 5.43 Å². The highest BCUT2D eigenvalue weighted by molar-refractivity contribution is 7.93. The Labute approximate surface area is 56.9 Å². The lowest BCUT2D eigenvalue weighted by atomic mass is 10.8. The third-order valence-corrected chi connectivity index (χ3v) is 1.42. The summed E-state index contributed by atoms with van der Waals surface area (Å²) in [5, 5.41) is 10.1. The number of quaternary nitrogens is 1. The normalized spacial score (nSPS) is 29.6. The number of nitrogens with one attached hydrogen (secondary N) is 2. The number of hydrogen-bond donors (Lipinski definition) is 2. The summed E-state index contributed by atoms with van der Waals surface area (Å²) in [6.07, 6.45) is 0. The molecule has 1 aliphatic rings. The monoisotopic (exact) mass is 185 g/mol. The van der Waals surface area contributed by atoms with Gasteiger partial charge in [0.15, 0.2) is 0 Å². The van der Waals surface area contributed by atoms with Crippen molar-refractivity contribution in [3.05, 3.63) is 5.21 Å². The lowest BCUT2D eigenvalue weighted by Gasteiger charge is -2.08. The zero-order valence-electron chi connectivity index (χ0n) is 3.61. The van der Waals surface area contributed by atoms with Crippen LogP contribution in [0.3, 0.4) is 0 Å². The Bertz CT molecular complexity index is 49.0. The van der Waals surface area contributed by atoms with Gasteiger partial charge in [0.2, 0.25) is 0 Å². The van der Waals surface area contributed by atoms with Gasteiger partial charge in [0.1, 0.15) is 0 Å². The Hall–Kier alpha value is 0.710. The van der Waals surface area contributed by atoms with E-state index in [1.54, 1.807) is 0 Å². The molecular formula is C2H6BrN2OS-. The molecule has 0 aromatic heterocycles. The fraction of sp³-hybridized carbons (Fsp3) is 1.00. The number of halogens is 1. The van der Waals surface area contributed by atoms with Crippen molar-refractivity contribution in [2.75, 3.05) is 12.3 Å². The van der Waals surface area contributed by atoms with E-state index in [2.05, 4.69) is 5.43 Å². The van der Waals surface area contributed by atoms with E-state index in [0.29, 0.717) is 0 Å². The van der Waals surface area contributed by atoms with E-state index < -0.39 is 0 Å². The first-order valence-electron chi connectivity index (χ1n) is 1.80. The van der Waals surface area contributed by atoms with Crippen LogP contribution in [0.2, 0.25) is 0 Å². The summed E-state index contributed by atoms with van der Waals surface area (Å²) in [5.41, 5.74) is 2.64. The molecule has 0 aromatic carbocycles. The highest BCUT2D eigenvalue weighted by Crippen LogP contribution is 1.84. The van der Waals surface area contributed by atoms with Crippen LogP contribution in [0.15, 0.2) is 0 Å². The van der Waals surface area contributed by atoms with Crippen molar-refractivity contribution in [2.45, 2.75) is 0 Å². The molecule has 1 fully saturated rings. The van der Waals surface area contributed by atoms with Crippen molar-refractivity contribution in [2.24, 2.45) is 0 Å². The van der Waals surface area contributed by atoms with E-state index in [1.165, 1.54) is 11.9 Å². The topological polar surface area (TPSA) is 39.5 Å². The average Bonchev–Trinajstić information content (AvgIpc) is 1.86. The highest BCUT2D eigenvalue weighted by atomic mass is 79.9. The van der Waals surface area contributed by atoms with Gasteiger partial charge in [-0.25, -0.2) is 4.58 Å². The van der Waals surface area contributed by atoms with E-state index in [-0.39, 0.29) is 21.6 Å². The molecule has 44 valence electrons. The molecule has 1 heterocycles. The minimum absolute atomic E-state index is 0. The summed E-state index contributed by atoms with van der Waals surface area (Å²) < 4.78 is 0.120. The summed E-state index contributed by atoms with van der Waals surface area (Å²) >= 11 is 1.35. The van der Waals surface area contributed by atoms with E-state index in [9.17, 15) is 5.21 Å². The van der Waals surface area contributed by atoms with Gasteiger partial charge in [-0.1, -0.05) is 0 Å². The smallest absolute Gasteiger partial charge is 0.0957 e. The second-order valence-electron chi connectivity index (χ2n) is 1.06. The van der Waals surface area contributed by atoms with Crippen molar-refractivity contribution in [1.82, 2.24) is 5.43 Å². The summed E-state index contributed by atoms with van der Waals surface area (Å²) in [4.78, 5) is 0. The van der Waals surface area contributed by atoms with Crippen LogP contribution < -0.4 is 27.0 Å². The largest absolute Gasteiger partial charge is 1.00 e. The minimum atomic E-state index is 0. The second-order valence-corrected chi connectivity index (χ2v) is 2.13. The van der Waals surface area contributed by atoms with E-state index in [1.807, 2.05) is 0 Å². The van der Waals surface area contributed by atoms with Crippen molar-refractivity contribution in [3.8, 4) is 0 Å². The van der Waals surface area contributed by atoms with E-state index in [4.69, 9.17) is 0 Å². The average molecular weight is 186 g/mol. The maximum atomic E-state index is 10.1. The molecule has 5 heteroatoms. The van der Waals surface area contributed by atoms with Crippen molar-refractivity contribution in [3.63, 3.8) is 0 Å². The second kappa shape index (κ2) is 3.68. The fourth-order valence-electron chi connectivity index (χ4n) is 0.348. The van der Waals surface area contributed by atoms with Crippen LogP contribution in [0.5, 0.6) is 0 Å². The minimum Gasteiger partial charge on any atom is -1.00 e. The zero-order chi connectivity index (χ0) is 4.41. The third-order valence-electron chi connectivity index (χ3n) is 0.605. The Balaban J connectivity index is 0.000000360. The van der Waals surface area contributed by atoms with Gasteiger partial charge in [0.25, 0.3) is 0 Å². The van der Waals surface area contributed by atoms with Crippen LogP contribution in [0.4, 0.5) is 0 Å². The van der Waals surface area contributed by atoms with Crippen LogP contribution in [-0.4, -0.2) is 12.3 Å². The SMILES string of the molecule is [Br-].[O-][NH+]1NCCS1. The molecule has 0 aliphatic carbocycles. The van der Waals surface area contributed by atoms with Crippen molar-refractivity contribution in [1.29, 1.82) is 0 Å². The summed E-state index contributed by atoms with van der Waals surface area (Å²) in [6.45, 7) is 0.851. The molecule has 2 N–H and O–H groups in total. The van der Waals surface area contributed by atoms with Crippen LogP contribution in [0, 0.1) is 5.21 Å². The molecule has 0 amide bonds. The molecule has 7 heavy (non-hydrogen) atoms. The lowest BCUT2D eigenvalue weighted by Crippen LogP contribution is -3.05. The molecule has 0 saturated carbocycles. The first-order valence-corrected chi connectivity index (χ1v) is 2.79. The summed E-state index contributed by atoms with van der Waals surface area (Å²) in [5.74, 6) is 0.943. The lowest BCUT2D eigenvalue weighted by molar-refractivity contribution is -0.743. The third kappa shape index (κ3) is 2.50. The van der Waals surface area contributed by atoms with Gasteiger partial charge in [-0.3, -0.25) is 0 Å². The molecule has 1 aliphatic heterocycles. The van der Waals surface area contributed by atoms with Crippen molar-refractivity contribution < 1.29 is 21.6 Å². The molecule has 1 atom stereocenters. The standard InChI is InChI=1S/C2H6N2OS.BrH/c5-4-3-1-2-6-4;/h3-4H,1-2H2;1H/p-1. The zero-order valence-corrected chi connectivity index (χ0v) is 6.01. The highest BCUT2D eigenvalue weighted by Gasteiger charge is 2.05. The molecule has 1 unspecified atom stereocenters. The van der Waals surface area contributed by atoms with Crippen LogP contribution in [-0.2, 0) is 0 Å². The number of rotatable bonds is 0. The molecule has 0 radical (unpaired) electrons. The first kappa shape index (κ1) is 7.71. The molecule has 1 saturated heterocycles. The predicted octanol–water partition coefficient (Wildman–Crippen LogP) is -4.46. The maximum absolute atomic E-state index is 10.1. The van der Waals surface area contributed by atoms with E-state index in [0.717, 1.165) is 12.3 Å². The van der Waals surface area contributed by atoms with Crippen LogP contribution >= 0.6 is 11.9 Å². The van der Waals surface area contributed by atoms with Crippen LogP contribution in [0.1, 0.15) is 0 Å². The molecule has 1 rings (SSSR count). The molecule has 3 nitrogen and oxygen atoms in total. The Morgan fingerprint density at radius 3 is 2.57 bits per heavy atom. The molecule has 0 bridgehead atoms. The van der Waals surface area contributed by atoms with Gasteiger partial charge < -0.3 is 22.2 Å². The number of hydrogen-bond acceptors (Lipinski definition) is 3. The summed E-state index contributed by atoms with van der Waals surface area (Å²) in [6, 6.07) is 0. The Morgan fingerprint density at radius 2 is 2.43 bits per heavy atom. The summed E-state index contributed by atoms with van der Waals surface area (Å²) in [7, 11) is 0. The molecular weight excluding hydrogens is 180 g/mol. The predicted molar refractivity (Wildman–Crippen MR) is 24.8 cm³/mol. The first-order chi connectivity index (χ1) is 2.89. The van der Waals surface area contributed by atoms with Crippen molar-refractivity contribution >= 4 is 11.9 Å². The van der Waals surface area contributed by atoms with Gasteiger partial charge in [-0.05, 0) is 0 Å². The van der Waals surface area contributed by atoms with Gasteiger partial charge in [-0.15, -0.1) is 0 Å². The maximum Gasteiger partial charge on any atom is 0.0957 e. The Kier molecular flexibility index (Phi) is 4.05. The fourth-order valence-corrected chi connectivity index (χ4v) is 0.941. The molecule has 0 aromatic rings. The van der Waals surface area contributed by atoms with Gasteiger partial charge in [0, 0.05) is 0 Å². The van der Waals surface area contributed by atoms with Gasteiger partial charge in [0.05, 0.1) is 24.2 Å². The van der Waals surface area contributed by atoms with Crippen LogP contribution in [0.25, 0.3) is 0 Å².